The van der Waals surface area contributed by atoms with Crippen LogP contribution in [0.4, 0.5) is 5.69 Å². The highest BCUT2D eigenvalue weighted by molar-refractivity contribution is 8.00. The molecule has 4 rings (SSSR count). The highest BCUT2D eigenvalue weighted by Crippen LogP contribution is 2.27. The van der Waals surface area contributed by atoms with Gasteiger partial charge in [-0.1, -0.05) is 42.5 Å². The molecule has 0 saturated heterocycles. The first-order valence-corrected chi connectivity index (χ1v) is 10.2. The number of amides is 1. The van der Waals surface area contributed by atoms with Gasteiger partial charge in [0.2, 0.25) is 0 Å². The third-order valence-corrected chi connectivity index (χ3v) is 5.49. The van der Waals surface area contributed by atoms with Crippen molar-refractivity contribution in [2.45, 2.75) is 18.4 Å². The van der Waals surface area contributed by atoms with E-state index in [1.807, 2.05) is 49.4 Å². The van der Waals surface area contributed by atoms with Gasteiger partial charge in [-0.2, -0.15) is 0 Å². The number of nitrogens with zero attached hydrogens (tertiary/aromatic N) is 1. The number of fused-ring (bicyclic) bond motifs is 1. The van der Waals surface area contributed by atoms with Gasteiger partial charge in [0.25, 0.3) is 5.91 Å². The average molecular weight is 400 g/mol. The van der Waals surface area contributed by atoms with Gasteiger partial charge in [0.1, 0.15) is 0 Å². The van der Waals surface area contributed by atoms with Gasteiger partial charge in [-0.05, 0) is 71.1 Å². The smallest absolute Gasteiger partial charge is 0.251 e. The molecular formula is C24H21N3OS. The van der Waals surface area contributed by atoms with E-state index < -0.39 is 0 Å². The summed E-state index contributed by atoms with van der Waals surface area (Å²) in [6.07, 6.45) is 3.47. The first-order chi connectivity index (χ1) is 14.2. The van der Waals surface area contributed by atoms with E-state index in [4.69, 9.17) is 0 Å². The summed E-state index contributed by atoms with van der Waals surface area (Å²) in [5.41, 5.74) is 3.61. The van der Waals surface area contributed by atoms with E-state index in [-0.39, 0.29) is 5.91 Å². The number of carbonyl (C=O) groups is 1. The third-order valence-electron chi connectivity index (χ3n) is 4.68. The monoisotopic (exact) mass is 399 g/mol. The molecule has 1 heterocycles. The molecule has 0 atom stereocenters. The van der Waals surface area contributed by atoms with Crippen molar-refractivity contribution >= 4 is 34.3 Å². The maximum atomic E-state index is 12.5. The van der Waals surface area contributed by atoms with Crippen LogP contribution in [0, 0.1) is 6.92 Å². The zero-order valence-corrected chi connectivity index (χ0v) is 16.9. The number of hydrogen-bond acceptors (Lipinski definition) is 4. The Hall–Kier alpha value is -3.31. The zero-order valence-electron chi connectivity index (χ0n) is 16.1. The van der Waals surface area contributed by atoms with Gasteiger partial charge >= 0.3 is 0 Å². The Kier molecular flexibility index (Phi) is 5.77. The molecule has 4 nitrogen and oxygen atoms in total. The first-order valence-electron chi connectivity index (χ1n) is 9.38. The predicted molar refractivity (Wildman–Crippen MR) is 120 cm³/mol. The molecule has 0 saturated carbocycles. The fourth-order valence-corrected chi connectivity index (χ4v) is 3.77. The van der Waals surface area contributed by atoms with Crippen LogP contribution in [-0.4, -0.2) is 10.9 Å². The average Bonchev–Trinajstić information content (AvgIpc) is 2.77. The van der Waals surface area contributed by atoms with Crippen LogP contribution in [-0.2, 0) is 6.54 Å². The minimum absolute atomic E-state index is 0.104. The lowest BCUT2D eigenvalue weighted by Gasteiger charge is -2.12. The van der Waals surface area contributed by atoms with Crippen LogP contribution in [0.15, 0.2) is 90.1 Å². The molecule has 0 radical (unpaired) electrons. The van der Waals surface area contributed by atoms with E-state index in [1.165, 1.54) is 10.8 Å². The number of rotatable bonds is 6. The number of hydrogen-bond donors (Lipinski definition) is 2. The number of aryl methyl sites for hydroxylation is 1. The standard InChI is InChI=1S/C24H21N3OS/c1-17-8-9-21(24(28)26-16-18-5-4-12-25-15-18)14-23(17)27-29-22-11-10-19-6-2-3-7-20(19)13-22/h2-15,27H,16H2,1H3,(H,26,28). The van der Waals surface area contributed by atoms with Gasteiger partial charge in [0.15, 0.2) is 0 Å². The van der Waals surface area contributed by atoms with Crippen LogP contribution in [0.5, 0.6) is 0 Å². The topological polar surface area (TPSA) is 54.0 Å². The molecule has 0 aliphatic carbocycles. The zero-order chi connectivity index (χ0) is 20.1. The Morgan fingerprint density at radius 3 is 2.66 bits per heavy atom. The maximum Gasteiger partial charge on any atom is 0.251 e. The Balaban J connectivity index is 1.44. The third kappa shape index (κ3) is 4.76. The molecule has 0 bridgehead atoms. The molecule has 0 fully saturated rings. The molecule has 1 amide bonds. The number of anilines is 1. The van der Waals surface area contributed by atoms with E-state index >= 15 is 0 Å². The highest BCUT2D eigenvalue weighted by atomic mass is 32.2. The number of carbonyl (C=O) groups excluding carboxylic acids is 1. The molecular weight excluding hydrogens is 378 g/mol. The minimum atomic E-state index is -0.104. The van der Waals surface area contributed by atoms with E-state index in [0.717, 1.165) is 21.7 Å². The summed E-state index contributed by atoms with van der Waals surface area (Å²) < 4.78 is 3.39. The van der Waals surface area contributed by atoms with Gasteiger partial charge in [0.05, 0.1) is 0 Å². The molecule has 5 heteroatoms. The number of pyridine rings is 1. The quantitative estimate of drug-likeness (QED) is 0.415. The second-order valence-corrected chi connectivity index (χ2v) is 7.67. The van der Waals surface area contributed by atoms with E-state index in [9.17, 15) is 4.79 Å². The van der Waals surface area contributed by atoms with Crippen LogP contribution in [0.25, 0.3) is 10.8 Å². The second kappa shape index (κ2) is 8.80. The van der Waals surface area contributed by atoms with E-state index in [0.29, 0.717) is 12.1 Å². The summed E-state index contributed by atoms with van der Waals surface area (Å²) in [6, 6.07) is 24.2. The Morgan fingerprint density at radius 2 is 1.83 bits per heavy atom. The number of benzene rings is 3. The molecule has 144 valence electrons. The molecule has 1 aromatic heterocycles. The van der Waals surface area contributed by atoms with Gasteiger partial charge in [-0.25, -0.2) is 0 Å². The van der Waals surface area contributed by atoms with Gasteiger partial charge < -0.3 is 10.0 Å². The first kappa shape index (κ1) is 19.0. The number of nitrogens with one attached hydrogen (secondary N) is 2. The molecule has 0 aliphatic heterocycles. The lowest BCUT2D eigenvalue weighted by atomic mass is 10.1. The van der Waals surface area contributed by atoms with Crippen molar-refractivity contribution < 1.29 is 4.79 Å². The summed E-state index contributed by atoms with van der Waals surface area (Å²) in [5, 5.41) is 5.37. The van der Waals surface area contributed by atoms with Crippen molar-refractivity contribution in [1.29, 1.82) is 0 Å². The molecule has 0 aliphatic rings. The van der Waals surface area contributed by atoms with Crippen LogP contribution in [0.2, 0.25) is 0 Å². The van der Waals surface area contributed by atoms with Crippen LogP contribution in [0.3, 0.4) is 0 Å². The summed E-state index contributed by atoms with van der Waals surface area (Å²) in [6.45, 7) is 2.48. The lowest BCUT2D eigenvalue weighted by Crippen LogP contribution is -2.22. The summed E-state index contributed by atoms with van der Waals surface area (Å²) in [7, 11) is 0. The van der Waals surface area contributed by atoms with E-state index in [1.54, 1.807) is 24.3 Å². The molecule has 3 aromatic carbocycles. The van der Waals surface area contributed by atoms with Crippen LogP contribution >= 0.6 is 11.9 Å². The Morgan fingerprint density at radius 1 is 0.966 bits per heavy atom. The van der Waals surface area contributed by atoms with Crippen LogP contribution in [0.1, 0.15) is 21.5 Å². The summed E-state index contributed by atoms with van der Waals surface area (Å²) in [4.78, 5) is 17.7. The Bertz CT molecular complexity index is 1150. The van der Waals surface area contributed by atoms with Gasteiger partial charge in [-0.15, -0.1) is 0 Å². The molecule has 2 N–H and O–H groups in total. The minimum Gasteiger partial charge on any atom is -0.348 e. The normalized spacial score (nSPS) is 10.7. The molecule has 29 heavy (non-hydrogen) atoms. The fourth-order valence-electron chi connectivity index (χ4n) is 3.01. The van der Waals surface area contributed by atoms with E-state index in [2.05, 4.69) is 45.4 Å². The fraction of sp³-hybridized carbons (Fsp3) is 0.0833. The summed E-state index contributed by atoms with van der Waals surface area (Å²) in [5.74, 6) is -0.104. The maximum absolute atomic E-state index is 12.5. The van der Waals surface area contributed by atoms with Crippen LogP contribution < -0.4 is 10.0 Å². The van der Waals surface area contributed by atoms with Crippen molar-refractivity contribution in [3.05, 3.63) is 102 Å². The SMILES string of the molecule is Cc1ccc(C(=O)NCc2cccnc2)cc1NSc1ccc2ccccc2c1. The van der Waals surface area contributed by atoms with Crippen molar-refractivity contribution in [2.24, 2.45) is 0 Å². The van der Waals surface area contributed by atoms with Crippen molar-refractivity contribution in [3.8, 4) is 0 Å². The Labute approximate surface area is 174 Å². The predicted octanol–water partition coefficient (Wildman–Crippen LogP) is 5.59. The van der Waals surface area contributed by atoms with Crippen molar-refractivity contribution in [3.63, 3.8) is 0 Å². The lowest BCUT2D eigenvalue weighted by molar-refractivity contribution is 0.0951. The molecule has 0 spiro atoms. The van der Waals surface area contributed by atoms with Gasteiger partial charge in [-0.3, -0.25) is 9.78 Å². The highest BCUT2D eigenvalue weighted by Gasteiger charge is 2.09. The largest absolute Gasteiger partial charge is 0.348 e. The van der Waals surface area contributed by atoms with Crippen molar-refractivity contribution in [1.82, 2.24) is 10.3 Å². The molecule has 0 unspecified atom stereocenters. The molecule has 4 aromatic rings. The summed E-state index contributed by atoms with van der Waals surface area (Å²) >= 11 is 1.54. The van der Waals surface area contributed by atoms with Crippen molar-refractivity contribution in [2.75, 3.05) is 4.72 Å². The van der Waals surface area contributed by atoms with Gasteiger partial charge in [0, 0.05) is 35.1 Å². The number of aromatic nitrogens is 1. The second-order valence-electron chi connectivity index (χ2n) is 6.79.